The average molecular weight is 362 g/mol. The van der Waals surface area contributed by atoms with E-state index in [0.29, 0.717) is 24.0 Å². The van der Waals surface area contributed by atoms with Crippen LogP contribution in [-0.4, -0.2) is 69.4 Å². The fourth-order valence-electron chi connectivity index (χ4n) is 2.55. The third kappa shape index (κ3) is 3.73. The summed E-state index contributed by atoms with van der Waals surface area (Å²) in [6.07, 6.45) is 0. The van der Waals surface area contributed by atoms with Crippen molar-refractivity contribution in [2.45, 2.75) is 5.16 Å². The summed E-state index contributed by atoms with van der Waals surface area (Å²) in [5, 5.41) is 11.6. The number of hydrogen-bond acceptors (Lipinski definition) is 7. The van der Waals surface area contributed by atoms with Crippen LogP contribution < -0.4 is 9.64 Å². The van der Waals surface area contributed by atoms with E-state index in [1.165, 1.54) is 16.4 Å². The smallest absolute Gasteiger partial charge is 0.246 e. The van der Waals surface area contributed by atoms with Crippen LogP contribution in [0.1, 0.15) is 0 Å². The summed E-state index contributed by atoms with van der Waals surface area (Å²) in [5.41, 5.74) is 0.724. The zero-order valence-corrected chi connectivity index (χ0v) is 14.8. The highest BCUT2D eigenvalue weighted by molar-refractivity contribution is 7.99. The predicted molar refractivity (Wildman–Crippen MR) is 91.4 cm³/mol. The van der Waals surface area contributed by atoms with E-state index < -0.39 is 0 Å². The number of thioether (sulfide) groups is 1. The number of rotatable bonds is 5. The van der Waals surface area contributed by atoms with Gasteiger partial charge in [-0.1, -0.05) is 23.9 Å². The zero-order valence-electron chi connectivity index (χ0n) is 14.0. The van der Waals surface area contributed by atoms with Crippen molar-refractivity contribution in [3.05, 3.63) is 24.3 Å². The summed E-state index contributed by atoms with van der Waals surface area (Å²) >= 11 is 1.25. The van der Waals surface area contributed by atoms with Gasteiger partial charge in [-0.3, -0.25) is 9.59 Å². The van der Waals surface area contributed by atoms with Crippen LogP contribution in [0.4, 0.5) is 5.69 Å². The van der Waals surface area contributed by atoms with Gasteiger partial charge in [0.15, 0.2) is 0 Å². The van der Waals surface area contributed by atoms with Crippen molar-refractivity contribution in [3.8, 4) is 5.75 Å². The highest BCUT2D eigenvalue weighted by Gasteiger charge is 2.29. The van der Waals surface area contributed by atoms with E-state index in [1.54, 1.807) is 24.0 Å². The fraction of sp³-hybridized carbons (Fsp3) is 0.400. The molecule has 2 aromatic rings. The van der Waals surface area contributed by atoms with Crippen molar-refractivity contribution in [3.63, 3.8) is 0 Å². The average Bonchev–Trinajstić information content (AvgIpc) is 3.04. The first kappa shape index (κ1) is 17.2. The van der Waals surface area contributed by atoms with Gasteiger partial charge in [-0.15, -0.1) is 5.10 Å². The van der Waals surface area contributed by atoms with Gasteiger partial charge < -0.3 is 14.5 Å². The summed E-state index contributed by atoms with van der Waals surface area (Å²) in [6, 6.07) is 7.36. The minimum absolute atomic E-state index is 0.0501. The van der Waals surface area contributed by atoms with Crippen LogP contribution in [0.15, 0.2) is 29.4 Å². The number of hydrogen-bond donors (Lipinski definition) is 0. The van der Waals surface area contributed by atoms with Crippen LogP contribution >= 0.6 is 11.8 Å². The number of anilines is 1. The molecule has 1 aromatic heterocycles. The molecule has 1 aliphatic rings. The molecule has 2 amide bonds. The van der Waals surface area contributed by atoms with Crippen LogP contribution in [0.2, 0.25) is 0 Å². The lowest BCUT2D eigenvalue weighted by Gasteiger charge is -2.34. The first-order valence-electron chi connectivity index (χ1n) is 7.66. The molecule has 0 saturated carbocycles. The van der Waals surface area contributed by atoms with Gasteiger partial charge in [0.25, 0.3) is 0 Å². The van der Waals surface area contributed by atoms with Crippen LogP contribution in [0.5, 0.6) is 5.75 Å². The first-order valence-corrected chi connectivity index (χ1v) is 8.65. The predicted octanol–water partition coefficient (Wildman–Crippen LogP) is 0.186. The number of amides is 2. The highest BCUT2D eigenvalue weighted by Crippen LogP contribution is 2.29. The molecule has 1 fully saturated rings. The minimum atomic E-state index is -0.130. The molecule has 0 N–H and O–H groups in total. The minimum Gasteiger partial charge on any atom is -0.495 e. The maximum atomic E-state index is 12.5. The van der Waals surface area contributed by atoms with Crippen LogP contribution in [-0.2, 0) is 16.6 Å². The van der Waals surface area contributed by atoms with Gasteiger partial charge in [-0.25, -0.2) is 4.68 Å². The van der Waals surface area contributed by atoms with E-state index >= 15 is 0 Å². The lowest BCUT2D eigenvalue weighted by Crippen LogP contribution is -2.53. The highest BCUT2D eigenvalue weighted by atomic mass is 32.2. The number of para-hydroxylation sites is 2. The summed E-state index contributed by atoms with van der Waals surface area (Å²) in [4.78, 5) is 28.1. The molecule has 0 bridgehead atoms. The molecular weight excluding hydrogens is 344 g/mol. The van der Waals surface area contributed by atoms with Crippen molar-refractivity contribution in [1.29, 1.82) is 0 Å². The number of piperazine rings is 1. The van der Waals surface area contributed by atoms with Crippen LogP contribution in [0.25, 0.3) is 0 Å². The molecule has 0 unspecified atom stereocenters. The Morgan fingerprint density at radius 3 is 2.80 bits per heavy atom. The molecule has 132 valence electrons. The van der Waals surface area contributed by atoms with Gasteiger partial charge in [0.1, 0.15) is 12.3 Å². The van der Waals surface area contributed by atoms with Crippen molar-refractivity contribution in [2.75, 3.05) is 37.4 Å². The van der Waals surface area contributed by atoms with E-state index in [9.17, 15) is 9.59 Å². The number of carbonyl (C=O) groups excluding carboxylic acids is 2. The second-order valence-electron chi connectivity index (χ2n) is 5.41. The van der Waals surface area contributed by atoms with E-state index in [0.717, 1.165) is 5.69 Å². The second-order valence-corrected chi connectivity index (χ2v) is 6.35. The quantitative estimate of drug-likeness (QED) is 0.701. The molecule has 9 nitrogen and oxygen atoms in total. The molecule has 0 spiro atoms. The number of ether oxygens (including phenoxy) is 1. The van der Waals surface area contributed by atoms with Gasteiger partial charge in [0.05, 0.1) is 18.6 Å². The summed E-state index contributed by atoms with van der Waals surface area (Å²) in [5.74, 6) is 0.590. The van der Waals surface area contributed by atoms with Crippen LogP contribution in [0, 0.1) is 0 Å². The van der Waals surface area contributed by atoms with E-state index in [-0.39, 0.29) is 24.1 Å². The van der Waals surface area contributed by atoms with Gasteiger partial charge in [-0.05, 0) is 22.6 Å². The molecule has 2 heterocycles. The van der Waals surface area contributed by atoms with E-state index in [4.69, 9.17) is 4.74 Å². The maximum absolute atomic E-state index is 12.5. The Balaban J connectivity index is 1.60. The Bertz CT molecular complexity index is 780. The SMILES string of the molecule is COc1ccccc1N1CCN(C(=O)CSc2nnnn2C)CC1=O. The number of aryl methyl sites for hydroxylation is 1. The maximum Gasteiger partial charge on any atom is 0.246 e. The van der Waals surface area contributed by atoms with Crippen LogP contribution in [0.3, 0.4) is 0 Å². The van der Waals surface area contributed by atoms with Gasteiger partial charge in [-0.2, -0.15) is 0 Å². The van der Waals surface area contributed by atoms with Gasteiger partial charge in [0.2, 0.25) is 17.0 Å². The second kappa shape index (κ2) is 7.51. The summed E-state index contributed by atoms with van der Waals surface area (Å²) < 4.78 is 6.82. The fourth-order valence-corrected chi connectivity index (χ4v) is 3.31. The molecule has 0 atom stereocenters. The van der Waals surface area contributed by atoms with Gasteiger partial charge in [0, 0.05) is 20.1 Å². The topological polar surface area (TPSA) is 93.4 Å². The Kier molecular flexibility index (Phi) is 5.17. The van der Waals surface area contributed by atoms with E-state index in [1.807, 2.05) is 24.3 Å². The summed E-state index contributed by atoms with van der Waals surface area (Å²) in [7, 11) is 3.28. The molecular formula is C15H18N6O3S. The molecule has 1 aliphatic heterocycles. The lowest BCUT2D eigenvalue weighted by atomic mass is 10.2. The number of aromatic nitrogens is 4. The third-order valence-corrected chi connectivity index (χ3v) is 4.85. The first-order chi connectivity index (χ1) is 12.1. The Labute approximate surface area is 148 Å². The molecule has 10 heteroatoms. The summed E-state index contributed by atoms with van der Waals surface area (Å²) in [6.45, 7) is 0.954. The monoisotopic (exact) mass is 362 g/mol. The number of tetrazole rings is 1. The Morgan fingerprint density at radius 1 is 1.32 bits per heavy atom. The van der Waals surface area contributed by atoms with Crippen molar-refractivity contribution in [2.24, 2.45) is 7.05 Å². The van der Waals surface area contributed by atoms with Gasteiger partial charge >= 0.3 is 0 Å². The lowest BCUT2D eigenvalue weighted by molar-refractivity contribution is -0.134. The number of methoxy groups -OCH3 is 1. The van der Waals surface area contributed by atoms with Crippen molar-refractivity contribution in [1.82, 2.24) is 25.1 Å². The normalized spacial score (nSPS) is 14.7. The third-order valence-electron chi connectivity index (χ3n) is 3.86. The van der Waals surface area contributed by atoms with Crippen molar-refractivity contribution >= 4 is 29.3 Å². The van der Waals surface area contributed by atoms with E-state index in [2.05, 4.69) is 15.5 Å². The Morgan fingerprint density at radius 2 is 2.12 bits per heavy atom. The number of benzene rings is 1. The standard InChI is InChI=1S/C15H18N6O3S/c1-19-15(16-17-18-19)25-10-14(23)20-7-8-21(13(22)9-20)11-5-3-4-6-12(11)24-2/h3-6H,7-10H2,1-2H3. The molecule has 0 radical (unpaired) electrons. The molecule has 1 aromatic carbocycles. The number of nitrogens with zero attached hydrogens (tertiary/aromatic N) is 6. The van der Waals surface area contributed by atoms with Crippen molar-refractivity contribution < 1.29 is 14.3 Å². The molecule has 25 heavy (non-hydrogen) atoms. The molecule has 1 saturated heterocycles. The Hall–Kier alpha value is -2.62. The zero-order chi connectivity index (χ0) is 17.8. The number of carbonyl (C=O) groups is 2. The molecule has 3 rings (SSSR count). The largest absolute Gasteiger partial charge is 0.495 e. The molecule has 0 aliphatic carbocycles.